The molecule has 2 aromatic rings. The predicted octanol–water partition coefficient (Wildman–Crippen LogP) is 2.16. The third kappa shape index (κ3) is 4.19. The minimum atomic E-state index is -2.95. The van der Waals surface area contributed by atoms with Crippen LogP contribution in [0.2, 0.25) is 0 Å². The minimum absolute atomic E-state index is 0.0866. The molecule has 1 saturated heterocycles. The molecule has 0 radical (unpaired) electrons. The van der Waals surface area contributed by atoms with Gasteiger partial charge in [-0.05, 0) is 25.5 Å². The van der Waals surface area contributed by atoms with Crippen molar-refractivity contribution in [1.82, 2.24) is 9.97 Å². The zero-order valence-corrected chi connectivity index (χ0v) is 15.4. The number of aryl methyl sites for hydroxylation is 1. The Balaban J connectivity index is 1.82. The fourth-order valence-electron chi connectivity index (χ4n) is 2.87. The number of benzene rings is 1. The van der Waals surface area contributed by atoms with Gasteiger partial charge in [0.15, 0.2) is 9.84 Å². The summed E-state index contributed by atoms with van der Waals surface area (Å²) in [5, 5.41) is 3.25. The van der Waals surface area contributed by atoms with Gasteiger partial charge >= 0.3 is 0 Å². The molecule has 7 nitrogen and oxygen atoms in total. The first-order valence-corrected chi connectivity index (χ1v) is 9.88. The normalized spacial score (nSPS) is 18.8. The summed E-state index contributed by atoms with van der Waals surface area (Å²) < 4.78 is 28.7. The second-order valence-corrected chi connectivity index (χ2v) is 8.45. The van der Waals surface area contributed by atoms with E-state index >= 15 is 0 Å². The van der Waals surface area contributed by atoms with Crippen molar-refractivity contribution in [1.29, 1.82) is 0 Å². The largest absolute Gasteiger partial charge is 0.497 e. The van der Waals surface area contributed by atoms with E-state index in [0.29, 0.717) is 18.2 Å². The number of nitrogens with zero attached hydrogens (tertiary/aromatic N) is 3. The van der Waals surface area contributed by atoms with Crippen LogP contribution in [0.3, 0.4) is 0 Å². The van der Waals surface area contributed by atoms with Gasteiger partial charge in [-0.25, -0.2) is 13.4 Å². The highest BCUT2D eigenvalue weighted by atomic mass is 32.2. The molecule has 8 heteroatoms. The van der Waals surface area contributed by atoms with E-state index in [-0.39, 0.29) is 17.5 Å². The second-order valence-electron chi connectivity index (χ2n) is 6.22. The van der Waals surface area contributed by atoms with E-state index < -0.39 is 9.84 Å². The number of hydrogen-bond acceptors (Lipinski definition) is 7. The summed E-state index contributed by atoms with van der Waals surface area (Å²) in [6.45, 7) is 1.89. The zero-order chi connectivity index (χ0) is 18.0. The maximum atomic E-state index is 11.7. The van der Waals surface area contributed by atoms with Crippen molar-refractivity contribution in [3.8, 4) is 5.75 Å². The Morgan fingerprint density at radius 2 is 2.08 bits per heavy atom. The standard InChI is InChI=1S/C17H22N4O3S/c1-12-9-16(19-13-5-4-6-15(10-13)24-3)20-17(18-12)21(2)14-7-8-25(22,23)11-14/h4-6,9-10,14H,7-8,11H2,1-3H3,(H,18,19,20). The lowest BCUT2D eigenvalue weighted by molar-refractivity contribution is 0.415. The van der Waals surface area contributed by atoms with Gasteiger partial charge in [-0.15, -0.1) is 0 Å². The number of anilines is 3. The maximum Gasteiger partial charge on any atom is 0.227 e. The van der Waals surface area contributed by atoms with Gasteiger partial charge in [-0.1, -0.05) is 6.07 Å². The summed E-state index contributed by atoms with van der Waals surface area (Å²) >= 11 is 0. The molecular formula is C17H22N4O3S. The van der Waals surface area contributed by atoms with Gasteiger partial charge in [0.05, 0.1) is 18.6 Å². The predicted molar refractivity (Wildman–Crippen MR) is 98.5 cm³/mol. The Hall–Kier alpha value is -2.35. The van der Waals surface area contributed by atoms with Crippen molar-refractivity contribution in [2.75, 3.05) is 35.9 Å². The highest BCUT2D eigenvalue weighted by molar-refractivity contribution is 7.91. The van der Waals surface area contributed by atoms with Gasteiger partial charge in [-0.2, -0.15) is 4.98 Å². The number of aromatic nitrogens is 2. The molecule has 0 aliphatic carbocycles. The van der Waals surface area contributed by atoms with E-state index in [0.717, 1.165) is 17.1 Å². The topological polar surface area (TPSA) is 84.4 Å². The maximum absolute atomic E-state index is 11.7. The molecule has 1 unspecified atom stereocenters. The van der Waals surface area contributed by atoms with Crippen LogP contribution in [0.15, 0.2) is 30.3 Å². The molecule has 1 aliphatic rings. The number of methoxy groups -OCH3 is 1. The molecule has 0 bridgehead atoms. The molecule has 1 aromatic carbocycles. The van der Waals surface area contributed by atoms with Crippen molar-refractivity contribution in [2.24, 2.45) is 0 Å². The monoisotopic (exact) mass is 362 g/mol. The summed E-state index contributed by atoms with van der Waals surface area (Å²) in [6, 6.07) is 9.33. The highest BCUT2D eigenvalue weighted by Crippen LogP contribution is 2.24. The van der Waals surface area contributed by atoms with E-state index in [1.54, 1.807) is 7.11 Å². The van der Waals surface area contributed by atoms with E-state index in [1.165, 1.54) is 0 Å². The number of rotatable bonds is 5. The summed E-state index contributed by atoms with van der Waals surface area (Å²) in [4.78, 5) is 10.9. The fourth-order valence-corrected chi connectivity index (χ4v) is 4.64. The lowest BCUT2D eigenvalue weighted by atomic mass is 10.2. The van der Waals surface area contributed by atoms with Crippen molar-refractivity contribution in [3.05, 3.63) is 36.0 Å². The van der Waals surface area contributed by atoms with Crippen molar-refractivity contribution in [2.45, 2.75) is 19.4 Å². The summed E-state index contributed by atoms with van der Waals surface area (Å²) in [5.41, 5.74) is 1.66. The molecule has 1 N–H and O–H groups in total. The van der Waals surface area contributed by atoms with Crippen LogP contribution in [0.25, 0.3) is 0 Å². The molecule has 134 valence electrons. The van der Waals surface area contributed by atoms with Crippen molar-refractivity contribution < 1.29 is 13.2 Å². The molecule has 0 amide bonds. The second kappa shape index (κ2) is 6.87. The van der Waals surface area contributed by atoms with Gasteiger partial charge in [0.1, 0.15) is 11.6 Å². The molecule has 0 spiro atoms. The number of ether oxygens (including phenoxy) is 1. The summed E-state index contributed by atoms with van der Waals surface area (Å²) in [7, 11) is 0.513. The van der Waals surface area contributed by atoms with Crippen LogP contribution in [-0.4, -0.2) is 50.1 Å². The number of hydrogen-bond donors (Lipinski definition) is 1. The average molecular weight is 362 g/mol. The lowest BCUT2D eigenvalue weighted by Crippen LogP contribution is -2.34. The van der Waals surface area contributed by atoms with Crippen LogP contribution in [-0.2, 0) is 9.84 Å². The van der Waals surface area contributed by atoms with Gasteiger partial charge in [0.25, 0.3) is 0 Å². The number of nitrogens with one attached hydrogen (secondary N) is 1. The van der Waals surface area contributed by atoms with Gasteiger partial charge in [0, 0.05) is 36.6 Å². The first kappa shape index (κ1) is 17.5. The van der Waals surface area contributed by atoms with Gasteiger partial charge in [-0.3, -0.25) is 0 Å². The first-order chi connectivity index (χ1) is 11.9. The van der Waals surface area contributed by atoms with Gasteiger partial charge < -0.3 is 15.0 Å². The van der Waals surface area contributed by atoms with Crippen molar-refractivity contribution in [3.63, 3.8) is 0 Å². The SMILES string of the molecule is COc1cccc(Nc2cc(C)nc(N(C)C3CCS(=O)(=O)C3)n2)c1. The van der Waals surface area contributed by atoms with E-state index in [9.17, 15) is 8.42 Å². The van der Waals surface area contributed by atoms with Crippen LogP contribution < -0.4 is 15.0 Å². The molecule has 1 aromatic heterocycles. The Morgan fingerprint density at radius 1 is 1.28 bits per heavy atom. The molecule has 1 aliphatic heterocycles. The molecule has 1 fully saturated rings. The fraction of sp³-hybridized carbons (Fsp3) is 0.412. The third-order valence-corrected chi connectivity index (χ3v) is 6.01. The smallest absolute Gasteiger partial charge is 0.227 e. The molecule has 2 heterocycles. The summed E-state index contributed by atoms with van der Waals surface area (Å²) in [5.74, 6) is 2.31. The lowest BCUT2D eigenvalue weighted by Gasteiger charge is -2.24. The molecule has 1 atom stereocenters. The van der Waals surface area contributed by atoms with Crippen LogP contribution in [0.5, 0.6) is 5.75 Å². The Bertz CT molecular complexity index is 870. The quantitative estimate of drug-likeness (QED) is 0.872. The van der Waals surface area contributed by atoms with Crippen LogP contribution in [0.4, 0.5) is 17.5 Å². The molecule has 3 rings (SSSR count). The van der Waals surface area contributed by atoms with E-state index in [2.05, 4.69) is 15.3 Å². The highest BCUT2D eigenvalue weighted by Gasteiger charge is 2.31. The van der Waals surface area contributed by atoms with E-state index in [1.807, 2.05) is 49.2 Å². The Kier molecular flexibility index (Phi) is 4.80. The molecule has 0 saturated carbocycles. The van der Waals surface area contributed by atoms with Crippen LogP contribution in [0.1, 0.15) is 12.1 Å². The Morgan fingerprint density at radius 3 is 2.76 bits per heavy atom. The average Bonchev–Trinajstić information content (AvgIpc) is 2.93. The first-order valence-electron chi connectivity index (χ1n) is 8.06. The minimum Gasteiger partial charge on any atom is -0.497 e. The summed E-state index contributed by atoms with van der Waals surface area (Å²) in [6.07, 6.45) is 0.606. The molecular weight excluding hydrogens is 340 g/mol. The Labute approximate surface area is 148 Å². The van der Waals surface area contributed by atoms with Gasteiger partial charge in [0.2, 0.25) is 5.95 Å². The van der Waals surface area contributed by atoms with Crippen LogP contribution in [0, 0.1) is 6.92 Å². The van der Waals surface area contributed by atoms with E-state index in [4.69, 9.17) is 4.74 Å². The van der Waals surface area contributed by atoms with Crippen LogP contribution >= 0.6 is 0 Å². The third-order valence-electron chi connectivity index (χ3n) is 4.26. The molecule has 25 heavy (non-hydrogen) atoms. The number of sulfone groups is 1. The van der Waals surface area contributed by atoms with Crippen molar-refractivity contribution >= 4 is 27.3 Å². The zero-order valence-electron chi connectivity index (χ0n) is 14.6.